The Morgan fingerprint density at radius 3 is 2.56 bits per heavy atom. The van der Waals surface area contributed by atoms with Gasteiger partial charge in [0.05, 0.1) is 11.5 Å². The molecule has 0 aliphatic rings. The average molecular weight is 476 g/mol. The van der Waals surface area contributed by atoms with Crippen LogP contribution in [0, 0.1) is 10.1 Å². The number of aromatic amines is 1. The summed E-state index contributed by atoms with van der Waals surface area (Å²) in [5.74, 6) is 0.709. The highest BCUT2D eigenvalue weighted by Crippen LogP contribution is 2.19. The van der Waals surface area contributed by atoms with Gasteiger partial charge in [-0.25, -0.2) is 4.79 Å². The summed E-state index contributed by atoms with van der Waals surface area (Å²) in [4.78, 5) is 43.8. The maximum absolute atomic E-state index is 12.6. The standard InChI is InChI=1S/C21H29N7O6/c1-4-26(5-2)11-10-22-20-23-18-17(19(30)24-21(31)25(18)3)27(20)12-15(29)13-34-16-8-6-14(7-9-16)28(32)33/h6-9,15,29H,4-5,10-13H2,1-3H3,(H,22,23)(H,24,30,31)/t15-/m1/s1. The molecular formula is C21H29N7O6. The Kier molecular flexibility index (Phi) is 8.02. The molecule has 13 heteroatoms. The van der Waals surface area contributed by atoms with Crippen molar-refractivity contribution >= 4 is 22.8 Å². The molecule has 13 nitrogen and oxygen atoms in total. The van der Waals surface area contributed by atoms with Gasteiger partial charge in [-0.3, -0.25) is 24.5 Å². The van der Waals surface area contributed by atoms with Gasteiger partial charge >= 0.3 is 5.69 Å². The first-order chi connectivity index (χ1) is 16.2. The molecule has 34 heavy (non-hydrogen) atoms. The number of nitro groups is 1. The predicted molar refractivity (Wildman–Crippen MR) is 126 cm³/mol. The fourth-order valence-electron chi connectivity index (χ4n) is 3.53. The molecule has 1 aromatic carbocycles. The minimum absolute atomic E-state index is 0.0294. The molecule has 0 saturated heterocycles. The Hall–Kier alpha value is -3.71. The minimum Gasteiger partial charge on any atom is -0.491 e. The van der Waals surface area contributed by atoms with E-state index in [1.54, 1.807) is 0 Å². The molecule has 0 fully saturated rings. The summed E-state index contributed by atoms with van der Waals surface area (Å²) in [7, 11) is 1.51. The molecule has 184 valence electrons. The molecule has 2 heterocycles. The number of imidazole rings is 1. The third-order valence-electron chi connectivity index (χ3n) is 5.50. The normalized spacial score (nSPS) is 12.3. The molecule has 0 aliphatic carbocycles. The van der Waals surface area contributed by atoms with Crippen LogP contribution in [0.1, 0.15) is 13.8 Å². The zero-order valence-electron chi connectivity index (χ0n) is 19.4. The van der Waals surface area contributed by atoms with E-state index in [1.165, 1.54) is 40.4 Å². The van der Waals surface area contributed by atoms with E-state index in [-0.39, 0.29) is 30.0 Å². The summed E-state index contributed by atoms with van der Waals surface area (Å²) < 4.78 is 8.31. The highest BCUT2D eigenvalue weighted by molar-refractivity contribution is 5.74. The van der Waals surface area contributed by atoms with Gasteiger partial charge in [-0.05, 0) is 25.2 Å². The number of aryl methyl sites for hydroxylation is 1. The van der Waals surface area contributed by atoms with Gasteiger partial charge in [-0.15, -0.1) is 0 Å². The molecule has 0 bridgehead atoms. The number of nitrogens with zero attached hydrogens (tertiary/aromatic N) is 5. The fraction of sp³-hybridized carbons (Fsp3) is 0.476. The van der Waals surface area contributed by atoms with Gasteiger partial charge in [-0.1, -0.05) is 13.8 Å². The number of fused-ring (bicyclic) bond motifs is 1. The molecule has 3 rings (SSSR count). The lowest BCUT2D eigenvalue weighted by Gasteiger charge is -2.19. The molecule has 0 radical (unpaired) electrons. The Balaban J connectivity index is 1.80. The number of aliphatic hydroxyl groups excluding tert-OH is 1. The second-order valence-corrected chi connectivity index (χ2v) is 7.71. The first kappa shape index (κ1) is 24.9. The summed E-state index contributed by atoms with van der Waals surface area (Å²) in [6, 6.07) is 5.50. The van der Waals surface area contributed by atoms with E-state index in [2.05, 4.69) is 34.0 Å². The van der Waals surface area contributed by atoms with Crippen LogP contribution in [0.3, 0.4) is 0 Å². The number of nitrogens with one attached hydrogen (secondary N) is 2. The Morgan fingerprint density at radius 2 is 1.94 bits per heavy atom. The van der Waals surface area contributed by atoms with E-state index in [9.17, 15) is 24.8 Å². The number of aliphatic hydroxyl groups is 1. The van der Waals surface area contributed by atoms with Gasteiger partial charge in [0.25, 0.3) is 11.2 Å². The molecule has 0 aliphatic heterocycles. The maximum Gasteiger partial charge on any atom is 0.329 e. The lowest BCUT2D eigenvalue weighted by molar-refractivity contribution is -0.384. The van der Waals surface area contributed by atoms with Crippen molar-refractivity contribution in [1.29, 1.82) is 0 Å². The zero-order valence-corrected chi connectivity index (χ0v) is 19.4. The quantitative estimate of drug-likeness (QED) is 0.251. The van der Waals surface area contributed by atoms with E-state index in [4.69, 9.17) is 4.74 Å². The molecule has 0 amide bonds. The fourth-order valence-corrected chi connectivity index (χ4v) is 3.53. The second kappa shape index (κ2) is 10.9. The van der Waals surface area contributed by atoms with Crippen molar-refractivity contribution in [2.24, 2.45) is 7.05 Å². The zero-order chi connectivity index (χ0) is 24.8. The van der Waals surface area contributed by atoms with E-state index in [1.807, 2.05) is 0 Å². The van der Waals surface area contributed by atoms with Gasteiger partial charge in [-0.2, -0.15) is 4.98 Å². The van der Waals surface area contributed by atoms with Crippen LogP contribution >= 0.6 is 0 Å². The Bertz CT molecular complexity index is 1240. The smallest absolute Gasteiger partial charge is 0.329 e. The van der Waals surface area contributed by atoms with Crippen LogP contribution in [0.2, 0.25) is 0 Å². The largest absolute Gasteiger partial charge is 0.491 e. The highest BCUT2D eigenvalue weighted by Gasteiger charge is 2.20. The lowest BCUT2D eigenvalue weighted by atomic mass is 10.3. The molecule has 2 aromatic heterocycles. The van der Waals surface area contributed by atoms with E-state index < -0.39 is 22.3 Å². The van der Waals surface area contributed by atoms with Gasteiger partial charge < -0.3 is 24.6 Å². The van der Waals surface area contributed by atoms with Crippen molar-refractivity contribution < 1.29 is 14.8 Å². The van der Waals surface area contributed by atoms with Crippen LogP contribution in [0.25, 0.3) is 11.2 Å². The number of non-ortho nitro benzene ring substituents is 1. The minimum atomic E-state index is -1.03. The molecule has 1 atom stereocenters. The van der Waals surface area contributed by atoms with Crippen LogP contribution < -0.4 is 21.3 Å². The molecule has 0 unspecified atom stereocenters. The lowest BCUT2D eigenvalue weighted by Crippen LogP contribution is -2.31. The average Bonchev–Trinajstić information content (AvgIpc) is 3.18. The molecule has 3 N–H and O–H groups in total. The Morgan fingerprint density at radius 1 is 1.26 bits per heavy atom. The van der Waals surface area contributed by atoms with Crippen LogP contribution in [0.5, 0.6) is 5.75 Å². The SMILES string of the molecule is CCN(CC)CCNc1nc2c(c(=O)[nH]c(=O)n2C)n1C[C@@H](O)COc1ccc([N+](=O)[O-])cc1. The summed E-state index contributed by atoms with van der Waals surface area (Å²) in [6.45, 7) is 7.05. The third-order valence-corrected chi connectivity index (χ3v) is 5.50. The van der Waals surface area contributed by atoms with E-state index in [0.717, 1.165) is 19.6 Å². The first-order valence-electron chi connectivity index (χ1n) is 11.0. The number of aromatic nitrogens is 4. The van der Waals surface area contributed by atoms with Crippen molar-refractivity contribution in [1.82, 2.24) is 24.0 Å². The maximum atomic E-state index is 12.6. The monoisotopic (exact) mass is 475 g/mol. The summed E-state index contributed by atoms with van der Waals surface area (Å²) in [6.07, 6.45) is -1.03. The van der Waals surface area contributed by atoms with Crippen molar-refractivity contribution in [3.8, 4) is 5.75 Å². The van der Waals surface area contributed by atoms with Crippen LogP contribution in [-0.4, -0.2) is 72.9 Å². The number of ether oxygens (including phenoxy) is 1. The van der Waals surface area contributed by atoms with Crippen LogP contribution in [-0.2, 0) is 13.6 Å². The van der Waals surface area contributed by atoms with E-state index >= 15 is 0 Å². The molecule has 3 aromatic rings. The number of likely N-dealkylation sites (N-methyl/N-ethyl adjacent to an activating group) is 1. The van der Waals surface area contributed by atoms with Crippen molar-refractivity contribution in [3.63, 3.8) is 0 Å². The number of H-pyrrole nitrogens is 1. The van der Waals surface area contributed by atoms with Crippen molar-refractivity contribution in [3.05, 3.63) is 55.2 Å². The van der Waals surface area contributed by atoms with Gasteiger partial charge in [0.1, 0.15) is 18.5 Å². The first-order valence-corrected chi connectivity index (χ1v) is 11.0. The van der Waals surface area contributed by atoms with Crippen molar-refractivity contribution in [2.75, 3.05) is 38.1 Å². The van der Waals surface area contributed by atoms with Gasteiger partial charge in [0, 0.05) is 32.3 Å². The number of benzene rings is 1. The number of hydrogen-bond acceptors (Lipinski definition) is 9. The van der Waals surface area contributed by atoms with Crippen molar-refractivity contribution in [2.45, 2.75) is 26.5 Å². The number of nitro benzene ring substituents is 1. The molecule has 0 spiro atoms. The summed E-state index contributed by atoms with van der Waals surface area (Å²) in [5, 5.41) is 24.6. The summed E-state index contributed by atoms with van der Waals surface area (Å²) in [5.41, 5.74) is -0.905. The van der Waals surface area contributed by atoms with Crippen LogP contribution in [0.15, 0.2) is 33.9 Å². The van der Waals surface area contributed by atoms with Gasteiger partial charge in [0.2, 0.25) is 5.95 Å². The number of hydrogen-bond donors (Lipinski definition) is 3. The molecular weight excluding hydrogens is 446 g/mol. The second-order valence-electron chi connectivity index (χ2n) is 7.71. The third kappa shape index (κ3) is 5.61. The van der Waals surface area contributed by atoms with Crippen LogP contribution in [0.4, 0.5) is 11.6 Å². The summed E-state index contributed by atoms with van der Waals surface area (Å²) >= 11 is 0. The number of anilines is 1. The number of rotatable bonds is 12. The Labute approximate surface area is 194 Å². The highest BCUT2D eigenvalue weighted by atomic mass is 16.6. The van der Waals surface area contributed by atoms with E-state index in [0.29, 0.717) is 18.2 Å². The molecule has 0 saturated carbocycles. The topological polar surface area (TPSA) is 161 Å². The predicted octanol–water partition coefficient (Wildman–Crippen LogP) is 0.525. The van der Waals surface area contributed by atoms with Gasteiger partial charge in [0.15, 0.2) is 11.2 Å².